The van der Waals surface area contributed by atoms with Crippen LogP contribution in [0.3, 0.4) is 0 Å². The van der Waals surface area contributed by atoms with Gasteiger partial charge in [0.25, 0.3) is 5.96 Å². The van der Waals surface area contributed by atoms with Crippen LogP contribution in [0, 0.1) is 25.6 Å². The molecule has 0 spiro atoms. The lowest BCUT2D eigenvalue weighted by atomic mass is 10.1. The zero-order chi connectivity index (χ0) is 24.5. The van der Waals surface area contributed by atoms with Crippen LogP contribution in [-0.4, -0.2) is 44.8 Å². The number of carbonyl (C=O) groups is 1. The number of fused-ring (bicyclic) bond motifs is 1. The van der Waals surface area contributed by atoms with Gasteiger partial charge >= 0.3 is 11.7 Å². The van der Waals surface area contributed by atoms with Gasteiger partial charge in [0.05, 0.1) is 10.6 Å². The number of benzene rings is 2. The minimum absolute atomic E-state index is 0.0364. The lowest BCUT2D eigenvalue weighted by molar-refractivity contribution is -0.525. The van der Waals surface area contributed by atoms with Crippen LogP contribution in [0.25, 0.3) is 11.0 Å². The average molecular weight is 472 g/mol. The number of nitrogens with zero attached hydrogens (tertiary/aromatic N) is 4. The predicted octanol–water partition coefficient (Wildman–Crippen LogP) is 1.74. The van der Waals surface area contributed by atoms with Gasteiger partial charge in [-0.05, 0) is 34.8 Å². The quantitative estimate of drug-likeness (QED) is 0.0784. The van der Waals surface area contributed by atoms with E-state index >= 15 is 0 Å². The van der Waals surface area contributed by atoms with Crippen molar-refractivity contribution in [3.8, 4) is 0 Å². The first-order valence-corrected chi connectivity index (χ1v) is 9.95. The SMILES string of the molecule is N=C(NCCC[C@H](Nc1ccc([N+](=O)[O-])c2nonc12)C(=O)OCc1ccccc1)N[N+](=O)[O-]. The average Bonchev–Trinajstić information content (AvgIpc) is 3.29. The van der Waals surface area contributed by atoms with Gasteiger partial charge in [0, 0.05) is 12.6 Å². The van der Waals surface area contributed by atoms with Crippen LogP contribution in [0.2, 0.25) is 0 Å². The highest BCUT2D eigenvalue weighted by atomic mass is 16.7. The third kappa shape index (κ3) is 6.35. The molecule has 0 aliphatic heterocycles. The van der Waals surface area contributed by atoms with Gasteiger partial charge in [-0.3, -0.25) is 15.5 Å². The lowest BCUT2D eigenvalue weighted by Gasteiger charge is -2.19. The number of aromatic nitrogens is 2. The molecule has 15 heteroatoms. The second-order valence-corrected chi connectivity index (χ2v) is 6.95. The molecule has 0 saturated carbocycles. The Morgan fingerprint density at radius 2 is 1.85 bits per heavy atom. The number of carbonyl (C=O) groups excluding carboxylic acids is 1. The Kier molecular flexibility index (Phi) is 7.83. The Morgan fingerprint density at radius 3 is 2.56 bits per heavy atom. The molecular weight excluding hydrogens is 452 g/mol. The molecule has 178 valence electrons. The first-order valence-electron chi connectivity index (χ1n) is 9.95. The summed E-state index contributed by atoms with van der Waals surface area (Å²) in [6.07, 6.45) is 0.531. The third-order valence-electron chi connectivity index (χ3n) is 4.60. The van der Waals surface area contributed by atoms with Crippen molar-refractivity contribution < 1.29 is 24.1 Å². The number of rotatable bonds is 11. The largest absolute Gasteiger partial charge is 0.459 e. The van der Waals surface area contributed by atoms with Crippen molar-refractivity contribution in [1.82, 2.24) is 21.1 Å². The van der Waals surface area contributed by atoms with Crippen molar-refractivity contribution in [3.63, 3.8) is 0 Å². The van der Waals surface area contributed by atoms with E-state index in [1.54, 1.807) is 17.6 Å². The molecule has 0 unspecified atom stereocenters. The fourth-order valence-electron chi connectivity index (χ4n) is 3.03. The number of nitro benzene ring substituents is 1. The van der Waals surface area contributed by atoms with Gasteiger partial charge in [-0.1, -0.05) is 35.8 Å². The van der Waals surface area contributed by atoms with Crippen LogP contribution in [0.5, 0.6) is 0 Å². The van der Waals surface area contributed by atoms with E-state index in [0.717, 1.165) is 5.56 Å². The van der Waals surface area contributed by atoms with Crippen LogP contribution in [0.15, 0.2) is 47.1 Å². The summed E-state index contributed by atoms with van der Waals surface area (Å²) in [6.45, 7) is 0.194. The zero-order valence-corrected chi connectivity index (χ0v) is 17.6. The third-order valence-corrected chi connectivity index (χ3v) is 4.60. The number of hydrogen-bond acceptors (Lipinski definition) is 11. The summed E-state index contributed by atoms with van der Waals surface area (Å²) in [4.78, 5) is 33.8. The minimum Gasteiger partial charge on any atom is -0.459 e. The van der Waals surface area contributed by atoms with E-state index in [0.29, 0.717) is 6.42 Å². The first-order chi connectivity index (χ1) is 16.3. The van der Waals surface area contributed by atoms with Crippen molar-refractivity contribution in [3.05, 3.63) is 68.3 Å². The molecule has 0 fully saturated rings. The molecule has 0 aliphatic carbocycles. The molecule has 0 radical (unpaired) electrons. The molecule has 4 N–H and O–H groups in total. The standard InChI is InChI=1S/C19H20N8O7/c20-19(23-27(31)32)21-10-4-7-14(18(28)33-11-12-5-2-1-3-6-12)22-13-8-9-15(26(29)30)17-16(13)24-34-25-17/h1-3,5-6,8-9,14,22H,4,7,10-11H2,(H3,20,21,23)/t14-/m0/s1. The molecule has 1 heterocycles. The number of anilines is 1. The molecule has 34 heavy (non-hydrogen) atoms. The van der Waals surface area contributed by atoms with Gasteiger partial charge < -0.3 is 15.4 Å². The number of guanidine groups is 1. The van der Waals surface area contributed by atoms with Gasteiger partial charge in [-0.15, -0.1) is 0 Å². The normalized spacial score (nSPS) is 11.4. The summed E-state index contributed by atoms with van der Waals surface area (Å²) in [5.74, 6) is -1.09. The van der Waals surface area contributed by atoms with Gasteiger partial charge in [0.2, 0.25) is 5.52 Å². The van der Waals surface area contributed by atoms with Crippen LogP contribution in [0.4, 0.5) is 11.4 Å². The number of hydrogen-bond donors (Lipinski definition) is 4. The fourth-order valence-corrected chi connectivity index (χ4v) is 3.03. The first kappa shape index (κ1) is 23.8. The molecular formula is C19H20N8O7. The second kappa shape index (κ2) is 11.2. The second-order valence-electron chi connectivity index (χ2n) is 6.95. The zero-order valence-electron chi connectivity index (χ0n) is 17.6. The summed E-state index contributed by atoms with van der Waals surface area (Å²) in [5, 5.41) is 40.8. The maximum atomic E-state index is 12.8. The molecule has 0 amide bonds. The van der Waals surface area contributed by atoms with E-state index in [1.165, 1.54) is 12.1 Å². The Balaban J connectivity index is 1.71. The lowest BCUT2D eigenvalue weighted by Crippen LogP contribution is -2.40. The van der Waals surface area contributed by atoms with E-state index in [1.807, 2.05) is 18.2 Å². The molecule has 3 rings (SSSR count). The smallest absolute Gasteiger partial charge is 0.328 e. The maximum absolute atomic E-state index is 12.8. The van der Waals surface area contributed by atoms with Crippen LogP contribution >= 0.6 is 0 Å². The highest BCUT2D eigenvalue weighted by Crippen LogP contribution is 2.29. The Bertz CT molecular complexity index is 1180. The highest BCUT2D eigenvalue weighted by Gasteiger charge is 2.25. The van der Waals surface area contributed by atoms with Crippen molar-refractivity contribution in [2.45, 2.75) is 25.5 Å². The van der Waals surface area contributed by atoms with Crippen LogP contribution in [0.1, 0.15) is 18.4 Å². The topological polar surface area (TPSA) is 211 Å². The van der Waals surface area contributed by atoms with Crippen molar-refractivity contribution in [2.24, 2.45) is 0 Å². The fraction of sp³-hybridized carbons (Fsp3) is 0.263. The van der Waals surface area contributed by atoms with Crippen molar-refractivity contribution in [2.75, 3.05) is 11.9 Å². The number of hydrazine groups is 1. The number of nitrogens with one attached hydrogen (secondary N) is 4. The number of ether oxygens (including phenoxy) is 1. The number of non-ortho nitro benzene ring substituents is 1. The summed E-state index contributed by atoms with van der Waals surface area (Å²) in [5.41, 5.74) is 2.43. The van der Waals surface area contributed by atoms with E-state index in [2.05, 4.69) is 25.6 Å². The van der Waals surface area contributed by atoms with Gasteiger partial charge in [-0.25, -0.2) is 19.5 Å². The summed E-state index contributed by atoms with van der Waals surface area (Å²) in [6, 6.07) is 10.8. The van der Waals surface area contributed by atoms with E-state index in [4.69, 9.17) is 10.1 Å². The predicted molar refractivity (Wildman–Crippen MR) is 117 cm³/mol. The Hall–Kier alpha value is -4.82. The van der Waals surface area contributed by atoms with Gasteiger partial charge in [0.1, 0.15) is 12.6 Å². The number of esters is 1. The molecule has 1 aromatic heterocycles. The molecule has 15 nitrogen and oxygen atoms in total. The molecule has 1 atom stereocenters. The Morgan fingerprint density at radius 1 is 1.12 bits per heavy atom. The van der Waals surface area contributed by atoms with E-state index in [9.17, 15) is 25.0 Å². The van der Waals surface area contributed by atoms with Gasteiger partial charge in [0.15, 0.2) is 10.5 Å². The Labute approximate surface area is 191 Å². The molecule has 3 aromatic rings. The van der Waals surface area contributed by atoms with Gasteiger partial charge in [-0.2, -0.15) is 0 Å². The number of nitro groups is 2. The van der Waals surface area contributed by atoms with E-state index < -0.39 is 27.9 Å². The van der Waals surface area contributed by atoms with Crippen molar-refractivity contribution in [1.29, 1.82) is 5.41 Å². The molecule has 2 aromatic carbocycles. The maximum Gasteiger partial charge on any atom is 0.328 e. The highest BCUT2D eigenvalue weighted by molar-refractivity contribution is 5.94. The molecule has 0 saturated heterocycles. The van der Waals surface area contributed by atoms with Crippen LogP contribution < -0.4 is 16.1 Å². The summed E-state index contributed by atoms with van der Waals surface area (Å²) >= 11 is 0. The summed E-state index contributed by atoms with van der Waals surface area (Å²) < 4.78 is 10.1. The van der Waals surface area contributed by atoms with Crippen LogP contribution in [-0.2, 0) is 16.1 Å². The van der Waals surface area contributed by atoms with Crippen molar-refractivity contribution >= 4 is 34.3 Å². The summed E-state index contributed by atoms with van der Waals surface area (Å²) in [7, 11) is 0. The monoisotopic (exact) mass is 472 g/mol. The molecule has 0 aliphatic rings. The minimum atomic E-state index is -0.899. The van der Waals surface area contributed by atoms with E-state index in [-0.39, 0.29) is 42.0 Å². The molecule has 0 bridgehead atoms.